The monoisotopic (exact) mass is 343 g/mol. The summed E-state index contributed by atoms with van der Waals surface area (Å²) in [7, 11) is 0. The number of aromatic carboxylic acids is 1. The zero-order chi connectivity index (χ0) is 15.1. The molecule has 108 valence electrons. The first kappa shape index (κ1) is 16.2. The summed E-state index contributed by atoms with van der Waals surface area (Å²) >= 11 is 3.16. The second kappa shape index (κ2) is 7.64. The molecular weight excluding hydrogens is 330 g/mol. The molecule has 0 unspecified atom stereocenters. The lowest BCUT2D eigenvalue weighted by atomic mass is 10.1. The van der Waals surface area contributed by atoms with E-state index in [0.29, 0.717) is 4.47 Å². The summed E-state index contributed by atoms with van der Waals surface area (Å²) in [5, 5.41) is 11.5. The molecule has 0 spiro atoms. The fourth-order valence-corrected chi connectivity index (χ4v) is 1.82. The van der Waals surface area contributed by atoms with E-state index in [1.54, 1.807) is 13.0 Å². The number of benzene rings is 1. The molecule has 0 aliphatic carbocycles. The number of carboxylic acid groups (broad SMARTS) is 1. The van der Waals surface area contributed by atoms with E-state index in [0.717, 1.165) is 0 Å². The Morgan fingerprint density at radius 1 is 1.30 bits per heavy atom. The van der Waals surface area contributed by atoms with Gasteiger partial charge >= 0.3 is 11.9 Å². The van der Waals surface area contributed by atoms with Gasteiger partial charge in [0.2, 0.25) is 5.91 Å². The van der Waals surface area contributed by atoms with Gasteiger partial charge < -0.3 is 15.2 Å². The number of nitrogens with one attached hydrogen (secondary N) is 1. The molecule has 1 aromatic carbocycles. The lowest BCUT2D eigenvalue weighted by Crippen LogP contribution is -2.16. The van der Waals surface area contributed by atoms with Crippen LogP contribution >= 0.6 is 15.9 Å². The predicted molar refractivity (Wildman–Crippen MR) is 75.6 cm³/mol. The van der Waals surface area contributed by atoms with Gasteiger partial charge in [0.25, 0.3) is 0 Å². The normalized spacial score (nSPS) is 9.90. The van der Waals surface area contributed by atoms with Crippen LogP contribution in [0.1, 0.15) is 30.1 Å². The van der Waals surface area contributed by atoms with E-state index in [4.69, 9.17) is 9.84 Å². The van der Waals surface area contributed by atoms with Crippen LogP contribution in [0, 0.1) is 0 Å². The average Bonchev–Trinajstić information content (AvgIpc) is 2.38. The zero-order valence-corrected chi connectivity index (χ0v) is 12.4. The molecule has 0 bridgehead atoms. The van der Waals surface area contributed by atoms with Crippen molar-refractivity contribution < 1.29 is 24.2 Å². The van der Waals surface area contributed by atoms with Gasteiger partial charge in [-0.2, -0.15) is 0 Å². The molecule has 0 radical (unpaired) electrons. The molecule has 7 heteroatoms. The number of hydrogen-bond donors (Lipinski definition) is 2. The number of esters is 1. The minimum atomic E-state index is -1.15. The average molecular weight is 344 g/mol. The molecule has 1 rings (SSSR count). The van der Waals surface area contributed by atoms with E-state index in [-0.39, 0.29) is 30.7 Å². The molecule has 0 aromatic heterocycles. The van der Waals surface area contributed by atoms with E-state index in [1.165, 1.54) is 12.1 Å². The van der Waals surface area contributed by atoms with Gasteiger partial charge in [-0.05, 0) is 25.1 Å². The molecule has 0 atom stereocenters. The number of amides is 1. The molecule has 1 amide bonds. The summed E-state index contributed by atoms with van der Waals surface area (Å²) in [4.78, 5) is 33.8. The van der Waals surface area contributed by atoms with Crippen molar-refractivity contribution in [2.24, 2.45) is 0 Å². The van der Waals surface area contributed by atoms with Crippen molar-refractivity contribution in [3.63, 3.8) is 0 Å². The Labute approximate surface area is 124 Å². The van der Waals surface area contributed by atoms with Crippen molar-refractivity contribution in [3.8, 4) is 0 Å². The van der Waals surface area contributed by atoms with Gasteiger partial charge in [-0.1, -0.05) is 15.9 Å². The minimum absolute atomic E-state index is 0.0242. The molecule has 20 heavy (non-hydrogen) atoms. The summed E-state index contributed by atoms with van der Waals surface area (Å²) in [6.45, 7) is 1.94. The van der Waals surface area contributed by atoms with E-state index in [2.05, 4.69) is 21.2 Å². The van der Waals surface area contributed by atoms with Crippen LogP contribution in [0.3, 0.4) is 0 Å². The molecule has 0 heterocycles. The van der Waals surface area contributed by atoms with Crippen molar-refractivity contribution >= 4 is 39.5 Å². The molecule has 0 saturated carbocycles. The van der Waals surface area contributed by atoms with E-state index in [9.17, 15) is 14.4 Å². The summed E-state index contributed by atoms with van der Waals surface area (Å²) < 4.78 is 5.30. The Morgan fingerprint density at radius 2 is 2.00 bits per heavy atom. The van der Waals surface area contributed by atoms with Crippen LogP contribution in [0.15, 0.2) is 22.7 Å². The highest BCUT2D eigenvalue weighted by atomic mass is 79.9. The number of halogens is 1. The number of rotatable bonds is 6. The number of carboxylic acids is 1. The Balaban J connectivity index is 2.66. The van der Waals surface area contributed by atoms with Crippen LogP contribution in [0.5, 0.6) is 0 Å². The SMILES string of the molecule is CCOC(=O)CCC(=O)Nc1ccc(Br)cc1C(=O)O. The van der Waals surface area contributed by atoms with Gasteiger partial charge in [0.05, 0.1) is 24.3 Å². The highest BCUT2D eigenvalue weighted by Crippen LogP contribution is 2.21. The number of hydrogen-bond acceptors (Lipinski definition) is 4. The van der Waals surface area contributed by atoms with E-state index < -0.39 is 17.8 Å². The minimum Gasteiger partial charge on any atom is -0.478 e. The molecule has 0 aliphatic heterocycles. The van der Waals surface area contributed by atoms with Crippen LogP contribution in [-0.2, 0) is 14.3 Å². The second-order valence-corrected chi connectivity index (χ2v) is 4.76. The van der Waals surface area contributed by atoms with Gasteiger partial charge in [0, 0.05) is 10.9 Å². The van der Waals surface area contributed by atoms with Gasteiger partial charge in [-0.25, -0.2) is 4.79 Å². The van der Waals surface area contributed by atoms with Crippen molar-refractivity contribution in [3.05, 3.63) is 28.2 Å². The summed E-state index contributed by atoms with van der Waals surface area (Å²) in [5.74, 6) is -2.05. The number of carbonyl (C=O) groups excluding carboxylic acids is 2. The van der Waals surface area contributed by atoms with Crippen molar-refractivity contribution in [2.75, 3.05) is 11.9 Å². The lowest BCUT2D eigenvalue weighted by Gasteiger charge is -2.08. The van der Waals surface area contributed by atoms with Crippen LogP contribution in [-0.4, -0.2) is 29.6 Å². The topological polar surface area (TPSA) is 92.7 Å². The van der Waals surface area contributed by atoms with E-state index >= 15 is 0 Å². The highest BCUT2D eigenvalue weighted by molar-refractivity contribution is 9.10. The van der Waals surface area contributed by atoms with Crippen LogP contribution in [0.4, 0.5) is 5.69 Å². The Bertz CT molecular complexity index is 529. The quantitative estimate of drug-likeness (QED) is 0.773. The summed E-state index contributed by atoms with van der Waals surface area (Å²) in [6.07, 6.45) is -0.105. The molecular formula is C13H14BrNO5. The second-order valence-electron chi connectivity index (χ2n) is 3.85. The smallest absolute Gasteiger partial charge is 0.337 e. The molecule has 0 saturated heterocycles. The number of ether oxygens (including phenoxy) is 1. The van der Waals surface area contributed by atoms with Crippen molar-refractivity contribution in [1.82, 2.24) is 0 Å². The third kappa shape index (κ3) is 5.00. The van der Waals surface area contributed by atoms with E-state index in [1.807, 2.05) is 0 Å². The Kier molecular flexibility index (Phi) is 6.17. The Morgan fingerprint density at radius 3 is 2.60 bits per heavy atom. The van der Waals surface area contributed by atoms with Crippen LogP contribution in [0.2, 0.25) is 0 Å². The van der Waals surface area contributed by atoms with Crippen LogP contribution in [0.25, 0.3) is 0 Å². The molecule has 1 aromatic rings. The van der Waals surface area contributed by atoms with Gasteiger partial charge in [0.1, 0.15) is 0 Å². The standard InChI is InChI=1S/C13H14BrNO5/c1-2-20-12(17)6-5-11(16)15-10-4-3-8(14)7-9(10)13(18)19/h3-4,7H,2,5-6H2,1H3,(H,15,16)(H,18,19). The maximum absolute atomic E-state index is 11.7. The third-order valence-corrected chi connectivity index (χ3v) is 2.84. The van der Waals surface area contributed by atoms with Crippen LogP contribution < -0.4 is 5.32 Å². The van der Waals surface area contributed by atoms with Gasteiger partial charge in [-0.15, -0.1) is 0 Å². The molecule has 0 aliphatic rings. The number of anilines is 1. The van der Waals surface area contributed by atoms with Crippen molar-refractivity contribution in [1.29, 1.82) is 0 Å². The first-order valence-corrected chi connectivity index (χ1v) is 6.71. The Hall–Kier alpha value is -1.89. The molecule has 0 fully saturated rings. The predicted octanol–water partition coefficient (Wildman–Crippen LogP) is 2.43. The van der Waals surface area contributed by atoms with Crippen molar-refractivity contribution in [2.45, 2.75) is 19.8 Å². The summed E-state index contributed by atoms with van der Waals surface area (Å²) in [5.41, 5.74) is 0.165. The lowest BCUT2D eigenvalue weighted by molar-refractivity contribution is -0.144. The molecule has 6 nitrogen and oxygen atoms in total. The molecule has 2 N–H and O–H groups in total. The summed E-state index contributed by atoms with van der Waals surface area (Å²) in [6, 6.07) is 4.49. The maximum atomic E-state index is 11.7. The third-order valence-electron chi connectivity index (χ3n) is 2.35. The fourth-order valence-electron chi connectivity index (χ4n) is 1.46. The largest absolute Gasteiger partial charge is 0.478 e. The van der Waals surface area contributed by atoms with Gasteiger partial charge in [-0.3, -0.25) is 9.59 Å². The first-order chi connectivity index (χ1) is 9.43. The van der Waals surface area contributed by atoms with Gasteiger partial charge in [0.15, 0.2) is 0 Å². The fraction of sp³-hybridized carbons (Fsp3) is 0.308. The first-order valence-electron chi connectivity index (χ1n) is 5.92. The maximum Gasteiger partial charge on any atom is 0.337 e. The highest BCUT2D eigenvalue weighted by Gasteiger charge is 2.14. The number of carbonyl (C=O) groups is 3. The zero-order valence-electron chi connectivity index (χ0n) is 10.8.